The Labute approximate surface area is 194 Å². The first kappa shape index (κ1) is 21.5. The number of thioether (sulfide) groups is 1. The molecule has 0 saturated carbocycles. The first-order chi connectivity index (χ1) is 14.6. The van der Waals surface area contributed by atoms with Crippen LogP contribution < -0.4 is 5.32 Å². The number of aromatic nitrogens is 1. The maximum absolute atomic E-state index is 12.3. The number of nitrogens with zero attached hydrogens (tertiary/aromatic N) is 3. The lowest BCUT2D eigenvalue weighted by Crippen LogP contribution is -2.47. The lowest BCUT2D eigenvalue weighted by atomic mass is 10.2. The highest BCUT2D eigenvalue weighted by Gasteiger charge is 2.20. The van der Waals surface area contributed by atoms with Crippen LogP contribution in [0.25, 0.3) is 10.2 Å². The number of halogens is 1. The normalized spacial score (nSPS) is 14.8. The number of benzene rings is 2. The lowest BCUT2D eigenvalue weighted by molar-refractivity contribution is -0.113. The molecule has 0 atom stereocenters. The predicted molar refractivity (Wildman–Crippen MR) is 132 cm³/mol. The van der Waals surface area contributed by atoms with E-state index in [0.29, 0.717) is 10.2 Å². The molecule has 0 spiro atoms. The quantitative estimate of drug-likeness (QED) is 0.537. The van der Waals surface area contributed by atoms with Crippen LogP contribution in [-0.4, -0.2) is 56.9 Å². The summed E-state index contributed by atoms with van der Waals surface area (Å²) in [7, 11) is 0. The Hall–Kier alpha value is -1.71. The molecule has 1 aliphatic heterocycles. The molecule has 2 aromatic carbocycles. The number of thiocarbonyl (C=S) groups is 1. The Balaban J connectivity index is 1.21. The molecule has 9 heteroatoms. The van der Waals surface area contributed by atoms with E-state index in [9.17, 15) is 4.79 Å². The Morgan fingerprint density at radius 2 is 1.93 bits per heavy atom. The van der Waals surface area contributed by atoms with Crippen molar-refractivity contribution in [3.8, 4) is 0 Å². The van der Waals surface area contributed by atoms with Crippen LogP contribution >= 0.6 is 46.9 Å². The zero-order valence-corrected chi connectivity index (χ0v) is 19.4. The number of fused-ring (bicyclic) bond motifs is 1. The number of thiazole rings is 1. The molecule has 1 N–H and O–H groups in total. The summed E-state index contributed by atoms with van der Waals surface area (Å²) in [4.78, 5) is 21.4. The minimum absolute atomic E-state index is 0.102. The highest BCUT2D eigenvalue weighted by Crippen LogP contribution is 2.28. The smallest absolute Gasteiger partial charge is 0.236 e. The Morgan fingerprint density at radius 3 is 2.70 bits per heavy atom. The van der Waals surface area contributed by atoms with E-state index in [4.69, 9.17) is 23.8 Å². The van der Waals surface area contributed by atoms with Gasteiger partial charge in [0.1, 0.15) is 4.32 Å². The third-order valence-corrected chi connectivity index (χ3v) is 7.50. The van der Waals surface area contributed by atoms with E-state index in [1.165, 1.54) is 28.7 Å². The SMILES string of the molecule is O=C(CSC(=S)N1CCN(Cc2ccccc2)CC1)Nc1nc2ccc(Cl)cc2s1. The fourth-order valence-electron chi connectivity index (χ4n) is 3.26. The number of hydrogen-bond acceptors (Lipinski definition) is 6. The minimum atomic E-state index is -0.102. The van der Waals surface area contributed by atoms with Gasteiger partial charge in [-0.05, 0) is 23.8 Å². The number of carbonyl (C=O) groups excluding carboxylic acids is 1. The van der Waals surface area contributed by atoms with Gasteiger partial charge in [-0.3, -0.25) is 9.69 Å². The highest BCUT2D eigenvalue weighted by atomic mass is 35.5. The summed E-state index contributed by atoms with van der Waals surface area (Å²) >= 11 is 14.4. The van der Waals surface area contributed by atoms with Gasteiger partial charge in [-0.2, -0.15) is 0 Å². The van der Waals surface area contributed by atoms with Crippen molar-refractivity contribution in [2.45, 2.75) is 6.54 Å². The molecule has 1 saturated heterocycles. The van der Waals surface area contributed by atoms with Crippen LogP contribution in [0.5, 0.6) is 0 Å². The fraction of sp³-hybridized carbons (Fsp3) is 0.286. The van der Waals surface area contributed by atoms with Crippen LogP contribution in [0.1, 0.15) is 5.56 Å². The van der Waals surface area contributed by atoms with Crippen molar-refractivity contribution in [1.29, 1.82) is 0 Å². The molecule has 1 aromatic heterocycles. The van der Waals surface area contributed by atoms with Gasteiger partial charge in [0.25, 0.3) is 0 Å². The maximum atomic E-state index is 12.3. The number of nitrogens with one attached hydrogen (secondary N) is 1. The molecule has 1 fully saturated rings. The fourth-order valence-corrected chi connectivity index (χ4v) is 5.47. The topological polar surface area (TPSA) is 48.5 Å². The second-order valence-corrected chi connectivity index (χ2v) is 10.1. The highest BCUT2D eigenvalue weighted by molar-refractivity contribution is 8.23. The van der Waals surface area contributed by atoms with Gasteiger partial charge in [0.15, 0.2) is 5.13 Å². The van der Waals surface area contributed by atoms with E-state index in [2.05, 4.69) is 44.4 Å². The van der Waals surface area contributed by atoms with Gasteiger partial charge in [-0.1, -0.05) is 77.2 Å². The molecule has 1 aliphatic rings. The summed E-state index contributed by atoms with van der Waals surface area (Å²) in [5, 5.41) is 4.10. The lowest BCUT2D eigenvalue weighted by Gasteiger charge is -2.35. The van der Waals surface area contributed by atoms with Crippen LogP contribution in [0.4, 0.5) is 5.13 Å². The maximum Gasteiger partial charge on any atom is 0.236 e. The summed E-state index contributed by atoms with van der Waals surface area (Å²) in [6.07, 6.45) is 0. The van der Waals surface area contributed by atoms with Crippen molar-refractivity contribution in [3.63, 3.8) is 0 Å². The summed E-state index contributed by atoms with van der Waals surface area (Å²) in [5.41, 5.74) is 2.16. The standard InChI is InChI=1S/C21H21ClN4OS3/c22-16-6-7-17-18(12-16)30-20(23-17)24-19(27)14-29-21(28)26-10-8-25(9-11-26)13-15-4-2-1-3-5-15/h1-7,12H,8-11,13-14H2,(H,23,24,27). The number of piperazine rings is 1. The van der Waals surface area contributed by atoms with Crippen molar-refractivity contribution >= 4 is 72.5 Å². The van der Waals surface area contributed by atoms with Crippen LogP contribution in [0.15, 0.2) is 48.5 Å². The summed E-state index contributed by atoms with van der Waals surface area (Å²) in [5.74, 6) is 0.176. The van der Waals surface area contributed by atoms with Crippen molar-refractivity contribution in [1.82, 2.24) is 14.8 Å². The summed E-state index contributed by atoms with van der Waals surface area (Å²) < 4.78 is 1.73. The van der Waals surface area contributed by atoms with Gasteiger partial charge in [-0.25, -0.2) is 4.98 Å². The summed E-state index contributed by atoms with van der Waals surface area (Å²) in [6, 6.07) is 16.0. The minimum Gasteiger partial charge on any atom is -0.355 e. The van der Waals surface area contributed by atoms with Gasteiger partial charge < -0.3 is 10.2 Å². The molecular weight excluding hydrogens is 456 g/mol. The Morgan fingerprint density at radius 1 is 1.17 bits per heavy atom. The molecular formula is C21H21ClN4OS3. The largest absolute Gasteiger partial charge is 0.355 e. The molecule has 5 nitrogen and oxygen atoms in total. The van der Waals surface area contributed by atoms with Crippen molar-refractivity contribution < 1.29 is 4.79 Å². The van der Waals surface area contributed by atoms with Crippen LogP contribution in [-0.2, 0) is 11.3 Å². The average molecular weight is 477 g/mol. The molecule has 0 unspecified atom stereocenters. The Bertz CT molecular complexity index is 1040. The van der Waals surface area contributed by atoms with E-state index >= 15 is 0 Å². The monoisotopic (exact) mass is 476 g/mol. The van der Waals surface area contributed by atoms with E-state index in [-0.39, 0.29) is 11.7 Å². The molecule has 1 amide bonds. The molecule has 0 aliphatic carbocycles. The van der Waals surface area contributed by atoms with E-state index in [1.807, 2.05) is 18.2 Å². The van der Waals surface area contributed by atoms with E-state index in [0.717, 1.165) is 47.3 Å². The van der Waals surface area contributed by atoms with Gasteiger partial charge in [0, 0.05) is 37.7 Å². The second kappa shape index (κ2) is 10.1. The van der Waals surface area contributed by atoms with E-state index < -0.39 is 0 Å². The average Bonchev–Trinajstić information content (AvgIpc) is 3.14. The molecule has 0 radical (unpaired) electrons. The van der Waals surface area contributed by atoms with Gasteiger partial charge in [-0.15, -0.1) is 0 Å². The number of rotatable bonds is 5. The van der Waals surface area contributed by atoms with Crippen LogP contribution in [0, 0.1) is 0 Å². The van der Waals surface area contributed by atoms with Crippen molar-refractivity contribution in [2.75, 3.05) is 37.2 Å². The van der Waals surface area contributed by atoms with Gasteiger partial charge in [0.05, 0.1) is 16.0 Å². The van der Waals surface area contributed by atoms with Gasteiger partial charge in [0.2, 0.25) is 5.91 Å². The van der Waals surface area contributed by atoms with Gasteiger partial charge >= 0.3 is 0 Å². The molecule has 0 bridgehead atoms. The first-order valence-electron chi connectivity index (χ1n) is 9.61. The number of hydrogen-bond donors (Lipinski definition) is 1. The zero-order valence-electron chi connectivity index (χ0n) is 16.2. The first-order valence-corrected chi connectivity index (χ1v) is 12.2. The second-order valence-electron chi connectivity index (χ2n) is 6.98. The molecule has 3 aromatic rings. The number of amides is 1. The van der Waals surface area contributed by atoms with E-state index in [1.54, 1.807) is 6.07 Å². The molecule has 2 heterocycles. The number of anilines is 1. The van der Waals surface area contributed by atoms with Crippen LogP contribution in [0.3, 0.4) is 0 Å². The number of carbonyl (C=O) groups is 1. The van der Waals surface area contributed by atoms with Crippen molar-refractivity contribution in [2.24, 2.45) is 0 Å². The summed E-state index contributed by atoms with van der Waals surface area (Å²) in [6.45, 7) is 4.67. The zero-order chi connectivity index (χ0) is 20.9. The third-order valence-electron chi connectivity index (χ3n) is 4.80. The van der Waals surface area contributed by atoms with Crippen LogP contribution in [0.2, 0.25) is 5.02 Å². The molecule has 4 rings (SSSR count). The Kier molecular flexibility index (Phi) is 7.22. The van der Waals surface area contributed by atoms with Crippen molar-refractivity contribution in [3.05, 3.63) is 59.1 Å². The predicted octanol–water partition coefficient (Wildman–Crippen LogP) is 4.72. The molecule has 30 heavy (non-hydrogen) atoms. The third kappa shape index (κ3) is 5.70. The molecule has 156 valence electrons.